The van der Waals surface area contributed by atoms with Crippen molar-refractivity contribution in [3.8, 4) is 0 Å². The van der Waals surface area contributed by atoms with Crippen LogP contribution >= 0.6 is 11.3 Å². The van der Waals surface area contributed by atoms with Gasteiger partial charge >= 0.3 is 0 Å². The minimum atomic E-state index is -0.725. The van der Waals surface area contributed by atoms with Crippen LogP contribution in [0.4, 0.5) is 8.78 Å². The van der Waals surface area contributed by atoms with Crippen LogP contribution in [0.5, 0.6) is 0 Å². The molecule has 0 saturated carbocycles. The molecule has 1 heterocycles. The van der Waals surface area contributed by atoms with E-state index in [1.165, 1.54) is 11.3 Å². The van der Waals surface area contributed by atoms with Crippen molar-refractivity contribution in [3.63, 3.8) is 0 Å². The predicted molar refractivity (Wildman–Crippen MR) is 66.6 cm³/mol. The second-order valence-corrected chi connectivity index (χ2v) is 4.83. The SMILES string of the molecule is Cc1ccsc1CNC(=O)c1cc(F)ccc1F. The Morgan fingerprint density at radius 3 is 2.78 bits per heavy atom. The van der Waals surface area contributed by atoms with Gasteiger partial charge in [-0.2, -0.15) is 0 Å². The first-order chi connectivity index (χ1) is 8.58. The molecule has 1 N–H and O–H groups in total. The zero-order valence-corrected chi connectivity index (χ0v) is 10.5. The molecule has 2 nitrogen and oxygen atoms in total. The van der Waals surface area contributed by atoms with Gasteiger partial charge in [0.2, 0.25) is 0 Å². The average Bonchev–Trinajstić information content (AvgIpc) is 2.75. The highest BCUT2D eigenvalue weighted by atomic mass is 32.1. The third-order valence-corrected chi connectivity index (χ3v) is 3.57. The fourth-order valence-electron chi connectivity index (χ4n) is 1.51. The van der Waals surface area contributed by atoms with Gasteiger partial charge in [0.05, 0.1) is 12.1 Å². The van der Waals surface area contributed by atoms with Crippen LogP contribution in [0.3, 0.4) is 0 Å². The van der Waals surface area contributed by atoms with Crippen molar-refractivity contribution >= 4 is 17.2 Å². The van der Waals surface area contributed by atoms with Crippen molar-refractivity contribution in [2.45, 2.75) is 13.5 Å². The summed E-state index contributed by atoms with van der Waals surface area (Å²) in [5.74, 6) is -1.97. The molecule has 0 aliphatic carbocycles. The molecule has 0 atom stereocenters. The van der Waals surface area contributed by atoms with Gasteiger partial charge in [-0.1, -0.05) is 0 Å². The van der Waals surface area contributed by atoms with Crippen molar-refractivity contribution < 1.29 is 13.6 Å². The molecular weight excluding hydrogens is 256 g/mol. The molecular formula is C13H11F2NOS. The minimum absolute atomic E-state index is 0.274. The lowest BCUT2D eigenvalue weighted by atomic mass is 10.2. The highest BCUT2D eigenvalue weighted by Crippen LogP contribution is 2.15. The van der Waals surface area contributed by atoms with Crippen molar-refractivity contribution in [1.82, 2.24) is 5.32 Å². The summed E-state index contributed by atoms with van der Waals surface area (Å²) in [6.07, 6.45) is 0. The van der Waals surface area contributed by atoms with E-state index in [0.29, 0.717) is 6.54 Å². The molecule has 1 amide bonds. The van der Waals surface area contributed by atoms with Gasteiger partial charge in [0, 0.05) is 4.88 Å². The molecule has 2 rings (SSSR count). The lowest BCUT2D eigenvalue weighted by Crippen LogP contribution is -2.23. The van der Waals surface area contributed by atoms with Crippen LogP contribution in [0.25, 0.3) is 0 Å². The Morgan fingerprint density at radius 1 is 1.33 bits per heavy atom. The summed E-state index contributed by atoms with van der Waals surface area (Å²) in [5, 5.41) is 4.49. The molecule has 0 aliphatic rings. The Morgan fingerprint density at radius 2 is 2.11 bits per heavy atom. The Bertz CT molecular complexity index is 580. The molecule has 0 saturated heterocycles. The van der Waals surface area contributed by atoms with Crippen LogP contribution in [0.15, 0.2) is 29.6 Å². The summed E-state index contributed by atoms with van der Waals surface area (Å²) in [4.78, 5) is 12.7. The van der Waals surface area contributed by atoms with Crippen LogP contribution in [0, 0.1) is 18.6 Å². The smallest absolute Gasteiger partial charge is 0.254 e. The standard InChI is InChI=1S/C13H11F2NOS/c1-8-4-5-18-12(8)7-16-13(17)10-6-9(14)2-3-11(10)15/h2-6H,7H2,1H3,(H,16,17). The second kappa shape index (κ2) is 5.27. The van der Waals surface area contributed by atoms with Crippen LogP contribution in [-0.4, -0.2) is 5.91 Å². The molecule has 0 spiro atoms. The lowest BCUT2D eigenvalue weighted by Gasteiger charge is -2.05. The predicted octanol–water partition coefficient (Wildman–Crippen LogP) is 3.26. The van der Waals surface area contributed by atoms with E-state index in [0.717, 1.165) is 28.6 Å². The van der Waals surface area contributed by atoms with Gasteiger partial charge in [0.15, 0.2) is 0 Å². The fourth-order valence-corrected chi connectivity index (χ4v) is 2.36. The van der Waals surface area contributed by atoms with E-state index in [1.54, 1.807) is 0 Å². The highest BCUT2D eigenvalue weighted by molar-refractivity contribution is 7.10. The molecule has 0 fully saturated rings. The van der Waals surface area contributed by atoms with Gasteiger partial charge in [0.1, 0.15) is 11.6 Å². The molecule has 0 aliphatic heterocycles. The average molecular weight is 267 g/mol. The molecule has 5 heteroatoms. The Hall–Kier alpha value is -1.75. The first kappa shape index (κ1) is 12.7. The summed E-state index contributed by atoms with van der Waals surface area (Å²) in [6, 6.07) is 4.76. The largest absolute Gasteiger partial charge is 0.347 e. The quantitative estimate of drug-likeness (QED) is 0.908. The maximum atomic E-state index is 13.3. The molecule has 0 unspecified atom stereocenters. The zero-order chi connectivity index (χ0) is 13.1. The molecule has 0 bridgehead atoms. The van der Waals surface area contributed by atoms with Crippen LogP contribution in [0.2, 0.25) is 0 Å². The molecule has 1 aromatic carbocycles. The Labute approximate surface area is 107 Å². The highest BCUT2D eigenvalue weighted by Gasteiger charge is 2.13. The number of halogens is 2. The van der Waals surface area contributed by atoms with E-state index in [2.05, 4.69) is 5.32 Å². The molecule has 0 radical (unpaired) electrons. The number of amides is 1. The fraction of sp³-hybridized carbons (Fsp3) is 0.154. The number of hydrogen-bond donors (Lipinski definition) is 1. The van der Waals surface area contributed by atoms with Crippen LogP contribution < -0.4 is 5.32 Å². The second-order valence-electron chi connectivity index (χ2n) is 3.83. The van der Waals surface area contributed by atoms with Crippen molar-refractivity contribution in [1.29, 1.82) is 0 Å². The number of benzene rings is 1. The molecule has 18 heavy (non-hydrogen) atoms. The number of rotatable bonds is 3. The number of hydrogen-bond acceptors (Lipinski definition) is 2. The monoisotopic (exact) mass is 267 g/mol. The number of nitrogens with one attached hydrogen (secondary N) is 1. The van der Waals surface area contributed by atoms with Crippen molar-refractivity contribution in [2.75, 3.05) is 0 Å². The summed E-state index contributed by atoms with van der Waals surface area (Å²) < 4.78 is 26.3. The van der Waals surface area contributed by atoms with Gasteiger partial charge in [-0.15, -0.1) is 11.3 Å². The van der Waals surface area contributed by atoms with E-state index in [-0.39, 0.29) is 5.56 Å². The molecule has 94 valence electrons. The third kappa shape index (κ3) is 2.73. The van der Waals surface area contributed by atoms with E-state index in [9.17, 15) is 13.6 Å². The maximum absolute atomic E-state index is 13.3. The van der Waals surface area contributed by atoms with Crippen molar-refractivity contribution in [2.24, 2.45) is 0 Å². The normalized spacial score (nSPS) is 10.4. The summed E-state index contributed by atoms with van der Waals surface area (Å²) in [7, 11) is 0. The number of thiophene rings is 1. The first-order valence-corrected chi connectivity index (χ1v) is 6.22. The Kier molecular flexibility index (Phi) is 3.72. The molecule has 1 aromatic heterocycles. The van der Waals surface area contributed by atoms with Gasteiger partial charge < -0.3 is 5.32 Å². The van der Waals surface area contributed by atoms with Crippen molar-refractivity contribution in [3.05, 3.63) is 57.3 Å². The van der Waals surface area contributed by atoms with E-state index in [4.69, 9.17) is 0 Å². The Balaban J connectivity index is 2.08. The van der Waals surface area contributed by atoms with E-state index in [1.807, 2.05) is 18.4 Å². The van der Waals surface area contributed by atoms with Gasteiger partial charge in [-0.25, -0.2) is 8.78 Å². The summed E-state index contributed by atoms with van der Waals surface area (Å²) in [6.45, 7) is 2.25. The van der Waals surface area contributed by atoms with E-state index < -0.39 is 17.5 Å². The van der Waals surface area contributed by atoms with Gasteiger partial charge in [-0.3, -0.25) is 4.79 Å². The summed E-state index contributed by atoms with van der Waals surface area (Å²) >= 11 is 1.51. The third-order valence-electron chi connectivity index (χ3n) is 2.55. The lowest BCUT2D eigenvalue weighted by molar-refractivity contribution is 0.0946. The number of carbonyl (C=O) groups is 1. The topological polar surface area (TPSA) is 29.1 Å². The van der Waals surface area contributed by atoms with Gasteiger partial charge in [0.25, 0.3) is 5.91 Å². The maximum Gasteiger partial charge on any atom is 0.254 e. The zero-order valence-electron chi connectivity index (χ0n) is 9.67. The van der Waals surface area contributed by atoms with Gasteiger partial charge in [-0.05, 0) is 42.1 Å². The number of aryl methyl sites for hydroxylation is 1. The first-order valence-electron chi connectivity index (χ1n) is 5.34. The number of carbonyl (C=O) groups excluding carboxylic acids is 1. The summed E-state index contributed by atoms with van der Waals surface area (Å²) in [5.41, 5.74) is 0.796. The minimum Gasteiger partial charge on any atom is -0.347 e. The molecule has 2 aromatic rings. The van der Waals surface area contributed by atoms with E-state index >= 15 is 0 Å². The van der Waals surface area contributed by atoms with Crippen LogP contribution in [0.1, 0.15) is 20.8 Å². The van der Waals surface area contributed by atoms with Crippen LogP contribution in [-0.2, 0) is 6.54 Å².